The average molecular weight is 437 g/mol. The van der Waals surface area contributed by atoms with Gasteiger partial charge in [-0.05, 0) is 42.8 Å². The van der Waals surface area contributed by atoms with E-state index in [9.17, 15) is 9.18 Å². The quantitative estimate of drug-likeness (QED) is 0.671. The third kappa shape index (κ3) is 4.98. The third-order valence-corrected chi connectivity index (χ3v) is 5.95. The van der Waals surface area contributed by atoms with Crippen molar-refractivity contribution >= 4 is 28.4 Å². The van der Waals surface area contributed by atoms with E-state index in [1.807, 2.05) is 6.92 Å². The molecule has 7 nitrogen and oxygen atoms in total. The minimum absolute atomic E-state index is 0.0163. The van der Waals surface area contributed by atoms with Gasteiger partial charge in [-0.25, -0.2) is 14.2 Å². The van der Waals surface area contributed by atoms with Crippen molar-refractivity contribution in [3.8, 4) is 6.07 Å². The highest BCUT2D eigenvalue weighted by Gasteiger charge is 2.29. The van der Waals surface area contributed by atoms with E-state index in [1.165, 1.54) is 23.7 Å². The summed E-state index contributed by atoms with van der Waals surface area (Å²) in [4.78, 5) is 21.3. The number of anilines is 2. The predicted octanol–water partition coefficient (Wildman–Crippen LogP) is 3.88. The van der Waals surface area contributed by atoms with Gasteiger partial charge in [-0.1, -0.05) is 18.2 Å². The van der Waals surface area contributed by atoms with Gasteiger partial charge in [0.1, 0.15) is 11.6 Å². The van der Waals surface area contributed by atoms with Gasteiger partial charge >= 0.3 is 6.03 Å². The molecular weight excluding hydrogens is 415 g/mol. The maximum atomic E-state index is 13.1. The Bertz CT molecular complexity index is 1110. The number of halogens is 1. The van der Waals surface area contributed by atoms with Crippen molar-refractivity contribution in [2.75, 3.05) is 29.9 Å². The third-order valence-electron chi connectivity index (χ3n) is 5.13. The van der Waals surface area contributed by atoms with Crippen LogP contribution in [0.3, 0.4) is 0 Å². The Kier molecular flexibility index (Phi) is 6.09. The molecule has 31 heavy (non-hydrogen) atoms. The monoisotopic (exact) mass is 436 g/mol. The highest BCUT2D eigenvalue weighted by Crippen LogP contribution is 2.23. The number of hydrogen-bond donors (Lipinski definition) is 1. The molecule has 1 aliphatic heterocycles. The Morgan fingerprint density at radius 3 is 2.84 bits per heavy atom. The highest BCUT2D eigenvalue weighted by atomic mass is 32.1. The number of amides is 2. The van der Waals surface area contributed by atoms with Crippen molar-refractivity contribution in [1.29, 1.82) is 5.26 Å². The highest BCUT2D eigenvalue weighted by molar-refractivity contribution is 7.09. The minimum Gasteiger partial charge on any atom is -0.343 e. The van der Waals surface area contributed by atoms with Gasteiger partial charge in [0.15, 0.2) is 0 Å². The summed E-state index contributed by atoms with van der Waals surface area (Å²) in [7, 11) is 0. The van der Waals surface area contributed by atoms with Crippen molar-refractivity contribution in [3.05, 3.63) is 71.3 Å². The van der Waals surface area contributed by atoms with Crippen LogP contribution in [0, 0.1) is 17.1 Å². The summed E-state index contributed by atoms with van der Waals surface area (Å²) in [5.41, 5.74) is 2.07. The molecule has 2 aromatic carbocycles. The summed E-state index contributed by atoms with van der Waals surface area (Å²) in [5, 5.41) is 12.7. The summed E-state index contributed by atoms with van der Waals surface area (Å²) >= 11 is 1.34. The van der Waals surface area contributed by atoms with E-state index in [2.05, 4.69) is 25.6 Å². The average Bonchev–Trinajstić information content (AvgIpc) is 3.24. The second-order valence-corrected chi connectivity index (χ2v) is 8.14. The van der Waals surface area contributed by atoms with Crippen LogP contribution >= 0.6 is 11.5 Å². The molecule has 1 unspecified atom stereocenters. The number of nitrogens with zero attached hydrogens (tertiary/aromatic N) is 5. The molecule has 2 amide bonds. The molecule has 0 saturated carbocycles. The molecule has 3 aromatic rings. The lowest BCUT2D eigenvalue weighted by atomic mass is 10.1. The van der Waals surface area contributed by atoms with Crippen LogP contribution in [0.15, 0.2) is 48.5 Å². The number of carbonyl (C=O) groups excluding carboxylic acids is 1. The van der Waals surface area contributed by atoms with Gasteiger partial charge in [-0.3, -0.25) is 0 Å². The van der Waals surface area contributed by atoms with Crippen LogP contribution < -0.4 is 10.2 Å². The van der Waals surface area contributed by atoms with Crippen LogP contribution in [-0.2, 0) is 6.42 Å². The lowest BCUT2D eigenvalue weighted by molar-refractivity contribution is 0.185. The SMILES string of the molecule is CC1CN(c2nc(Cc3ccc(F)cc3)ns2)CCN1C(=O)Nc1cccc(C#N)c1. The summed E-state index contributed by atoms with van der Waals surface area (Å²) in [5.74, 6) is 0.446. The van der Waals surface area contributed by atoms with E-state index < -0.39 is 0 Å². The van der Waals surface area contributed by atoms with E-state index in [4.69, 9.17) is 5.26 Å². The molecule has 0 bridgehead atoms. The summed E-state index contributed by atoms with van der Waals surface area (Å²) in [6.07, 6.45) is 0.552. The Balaban J connectivity index is 1.35. The number of carbonyl (C=O) groups is 1. The molecule has 1 fully saturated rings. The van der Waals surface area contributed by atoms with E-state index in [0.717, 1.165) is 10.7 Å². The number of urea groups is 1. The van der Waals surface area contributed by atoms with Crippen LogP contribution in [0.1, 0.15) is 23.9 Å². The predicted molar refractivity (Wildman–Crippen MR) is 118 cm³/mol. The van der Waals surface area contributed by atoms with Gasteiger partial charge in [-0.2, -0.15) is 9.64 Å². The second-order valence-electron chi connectivity index (χ2n) is 7.41. The van der Waals surface area contributed by atoms with Crippen LogP contribution in [0.5, 0.6) is 0 Å². The minimum atomic E-state index is -0.260. The smallest absolute Gasteiger partial charge is 0.322 e. The molecule has 0 radical (unpaired) electrons. The van der Waals surface area contributed by atoms with Crippen LogP contribution in [-0.4, -0.2) is 46.0 Å². The Morgan fingerprint density at radius 1 is 1.29 bits per heavy atom. The maximum Gasteiger partial charge on any atom is 0.322 e. The largest absolute Gasteiger partial charge is 0.343 e. The number of hydrogen-bond acceptors (Lipinski definition) is 6. The number of nitrogens with one attached hydrogen (secondary N) is 1. The zero-order valence-electron chi connectivity index (χ0n) is 17.0. The van der Waals surface area contributed by atoms with Crippen LogP contribution in [0.4, 0.5) is 20.0 Å². The number of aromatic nitrogens is 2. The Labute approximate surface area is 183 Å². The molecule has 0 spiro atoms. The molecule has 1 atom stereocenters. The van der Waals surface area contributed by atoms with Crippen molar-refractivity contribution in [1.82, 2.24) is 14.3 Å². The summed E-state index contributed by atoms with van der Waals surface area (Å²) in [6.45, 7) is 3.85. The van der Waals surface area contributed by atoms with Gasteiger partial charge < -0.3 is 15.1 Å². The first-order chi connectivity index (χ1) is 15.0. The van der Waals surface area contributed by atoms with Crippen molar-refractivity contribution in [2.45, 2.75) is 19.4 Å². The van der Waals surface area contributed by atoms with E-state index >= 15 is 0 Å². The number of rotatable bonds is 4. The molecule has 1 saturated heterocycles. The van der Waals surface area contributed by atoms with E-state index in [0.29, 0.717) is 43.1 Å². The Hall–Kier alpha value is -3.51. The molecule has 1 aliphatic rings. The number of nitriles is 1. The summed E-state index contributed by atoms with van der Waals surface area (Å²) < 4.78 is 17.5. The molecule has 2 heterocycles. The lowest BCUT2D eigenvalue weighted by Gasteiger charge is -2.39. The number of piperazine rings is 1. The summed E-state index contributed by atoms with van der Waals surface area (Å²) in [6, 6.07) is 15.1. The molecule has 1 N–H and O–H groups in total. The normalized spacial score (nSPS) is 16.1. The van der Waals surface area contributed by atoms with Crippen LogP contribution in [0.2, 0.25) is 0 Å². The molecule has 1 aromatic heterocycles. The first kappa shape index (κ1) is 20.8. The molecule has 0 aliphatic carbocycles. The fraction of sp³-hybridized carbons (Fsp3) is 0.273. The van der Waals surface area contributed by atoms with Crippen molar-refractivity contribution in [3.63, 3.8) is 0 Å². The zero-order chi connectivity index (χ0) is 21.8. The molecular formula is C22H21FN6OS. The second kappa shape index (κ2) is 9.10. The number of benzene rings is 2. The first-order valence-corrected chi connectivity index (χ1v) is 10.7. The topological polar surface area (TPSA) is 85.2 Å². The zero-order valence-corrected chi connectivity index (χ0v) is 17.8. The van der Waals surface area contributed by atoms with Crippen molar-refractivity contribution in [2.24, 2.45) is 0 Å². The van der Waals surface area contributed by atoms with Crippen LogP contribution in [0.25, 0.3) is 0 Å². The fourth-order valence-electron chi connectivity index (χ4n) is 3.52. The molecule has 9 heteroatoms. The first-order valence-electron chi connectivity index (χ1n) is 9.91. The van der Waals surface area contributed by atoms with Gasteiger partial charge in [-0.15, -0.1) is 0 Å². The standard InChI is InChI=1S/C22H21FN6OS/c1-15-14-28(22-26-20(27-31-22)12-16-5-7-18(23)8-6-16)9-10-29(15)21(30)25-19-4-2-3-17(11-19)13-24/h2-8,11,15H,9-10,12,14H2,1H3,(H,25,30). The Morgan fingerprint density at radius 2 is 2.10 bits per heavy atom. The van der Waals surface area contributed by atoms with Gasteiger partial charge in [0.25, 0.3) is 0 Å². The van der Waals surface area contributed by atoms with Gasteiger partial charge in [0.05, 0.1) is 11.6 Å². The maximum absolute atomic E-state index is 13.1. The lowest BCUT2D eigenvalue weighted by Crippen LogP contribution is -2.55. The van der Waals surface area contributed by atoms with E-state index in [1.54, 1.807) is 41.3 Å². The van der Waals surface area contributed by atoms with Gasteiger partial charge in [0.2, 0.25) is 5.13 Å². The van der Waals surface area contributed by atoms with Gasteiger partial charge in [0, 0.05) is 49.3 Å². The fourth-order valence-corrected chi connectivity index (χ4v) is 4.24. The molecule has 158 valence electrons. The molecule has 4 rings (SSSR count). The van der Waals surface area contributed by atoms with Crippen molar-refractivity contribution < 1.29 is 9.18 Å². The van der Waals surface area contributed by atoms with E-state index in [-0.39, 0.29) is 17.9 Å².